The first-order chi connectivity index (χ1) is 8.42. The summed E-state index contributed by atoms with van der Waals surface area (Å²) in [5.74, 6) is 1.11. The number of benzene rings is 1. The summed E-state index contributed by atoms with van der Waals surface area (Å²) in [5.41, 5.74) is 2.19. The van der Waals surface area contributed by atoms with Gasteiger partial charge < -0.3 is 10.3 Å². The van der Waals surface area contributed by atoms with Gasteiger partial charge in [-0.25, -0.2) is 4.98 Å². The summed E-state index contributed by atoms with van der Waals surface area (Å²) in [7, 11) is 0. The van der Waals surface area contributed by atoms with Crippen LogP contribution in [-0.2, 0) is 0 Å². The van der Waals surface area contributed by atoms with Crippen LogP contribution in [-0.4, -0.2) is 28.3 Å². The number of nitrogens with zero attached hydrogens (tertiary/aromatic N) is 1. The molecule has 3 rings (SSSR count). The minimum Gasteiger partial charge on any atom is -0.333 e. The van der Waals surface area contributed by atoms with Crippen LogP contribution in [0.4, 0.5) is 0 Å². The van der Waals surface area contributed by atoms with Gasteiger partial charge in [-0.1, -0.05) is 30.3 Å². The molecule has 1 fully saturated rings. The molecule has 90 valence electrons. The number of hydrogen-bond donors (Lipinski definition) is 2. The van der Waals surface area contributed by atoms with Crippen molar-refractivity contribution in [3.8, 4) is 0 Å². The molecule has 1 aliphatic rings. The van der Waals surface area contributed by atoms with E-state index in [1.807, 2.05) is 23.9 Å². The lowest BCUT2D eigenvalue weighted by Gasteiger charge is -2.22. The summed E-state index contributed by atoms with van der Waals surface area (Å²) in [5, 5.41) is 4.60. The van der Waals surface area contributed by atoms with Gasteiger partial charge in [0.2, 0.25) is 0 Å². The van der Waals surface area contributed by atoms with Gasteiger partial charge in [-0.05, 0) is 31.5 Å². The van der Waals surface area contributed by atoms with Crippen molar-refractivity contribution in [3.63, 3.8) is 0 Å². The van der Waals surface area contributed by atoms with Crippen molar-refractivity contribution in [2.45, 2.75) is 30.5 Å². The lowest BCUT2D eigenvalue weighted by Crippen LogP contribution is -2.35. The summed E-state index contributed by atoms with van der Waals surface area (Å²) in [4.78, 5) is 7.94. The Bertz CT molecular complexity index is 455. The Balaban J connectivity index is 1.64. The van der Waals surface area contributed by atoms with Crippen LogP contribution in [0.3, 0.4) is 0 Å². The van der Waals surface area contributed by atoms with Crippen LogP contribution in [0.5, 0.6) is 0 Å². The normalized spacial score (nSPS) is 20.8. The van der Waals surface area contributed by atoms with Crippen molar-refractivity contribution in [2.24, 2.45) is 0 Å². The molecule has 1 aliphatic heterocycles. The Kier molecular flexibility index (Phi) is 3.34. The van der Waals surface area contributed by atoms with Crippen LogP contribution in [0.1, 0.15) is 19.3 Å². The molecule has 2 aromatic rings. The van der Waals surface area contributed by atoms with E-state index < -0.39 is 0 Å². The highest BCUT2D eigenvalue weighted by Gasteiger charge is 2.13. The number of aromatic amines is 1. The van der Waals surface area contributed by atoms with Gasteiger partial charge in [0.15, 0.2) is 5.16 Å². The van der Waals surface area contributed by atoms with Crippen molar-refractivity contribution in [1.29, 1.82) is 0 Å². The predicted octanol–water partition coefficient (Wildman–Crippen LogP) is 2.80. The first-order valence-corrected chi connectivity index (χ1v) is 7.21. The molecule has 2 N–H and O–H groups in total. The van der Waals surface area contributed by atoms with Crippen LogP contribution < -0.4 is 5.32 Å². The van der Waals surface area contributed by atoms with Crippen molar-refractivity contribution < 1.29 is 0 Å². The van der Waals surface area contributed by atoms with E-state index in [1.165, 1.54) is 25.8 Å². The summed E-state index contributed by atoms with van der Waals surface area (Å²) in [6, 6.07) is 8.85. The number of hydrogen-bond acceptors (Lipinski definition) is 3. The molecule has 0 bridgehead atoms. The average Bonchev–Trinajstić information content (AvgIpc) is 2.80. The minimum atomic E-state index is 0.655. The van der Waals surface area contributed by atoms with Gasteiger partial charge in [-0.3, -0.25) is 0 Å². The van der Waals surface area contributed by atoms with E-state index >= 15 is 0 Å². The zero-order valence-electron chi connectivity index (χ0n) is 9.78. The van der Waals surface area contributed by atoms with Crippen molar-refractivity contribution in [1.82, 2.24) is 15.3 Å². The van der Waals surface area contributed by atoms with Gasteiger partial charge in [0, 0.05) is 11.8 Å². The number of piperidine rings is 1. The third-order valence-electron chi connectivity index (χ3n) is 3.20. The van der Waals surface area contributed by atoms with E-state index in [2.05, 4.69) is 27.4 Å². The summed E-state index contributed by atoms with van der Waals surface area (Å²) >= 11 is 1.82. The summed E-state index contributed by atoms with van der Waals surface area (Å²) < 4.78 is 0. The first-order valence-electron chi connectivity index (χ1n) is 6.23. The Labute approximate surface area is 105 Å². The predicted molar refractivity (Wildman–Crippen MR) is 72.5 cm³/mol. The number of H-pyrrole nitrogens is 1. The summed E-state index contributed by atoms with van der Waals surface area (Å²) in [6.07, 6.45) is 3.98. The van der Waals surface area contributed by atoms with Crippen LogP contribution in [0.15, 0.2) is 29.4 Å². The van der Waals surface area contributed by atoms with Crippen LogP contribution in [0.25, 0.3) is 11.0 Å². The van der Waals surface area contributed by atoms with E-state index in [-0.39, 0.29) is 0 Å². The Morgan fingerprint density at radius 1 is 1.29 bits per heavy atom. The second kappa shape index (κ2) is 5.10. The topological polar surface area (TPSA) is 40.7 Å². The number of aromatic nitrogens is 2. The Morgan fingerprint density at radius 3 is 3.06 bits per heavy atom. The maximum Gasteiger partial charge on any atom is 0.166 e. The second-order valence-electron chi connectivity index (χ2n) is 4.52. The smallest absolute Gasteiger partial charge is 0.166 e. The molecule has 1 saturated heterocycles. The molecule has 4 heteroatoms. The van der Waals surface area contributed by atoms with E-state index in [0.29, 0.717) is 6.04 Å². The molecular weight excluding hydrogens is 230 g/mol. The fourth-order valence-corrected chi connectivity index (χ4v) is 3.23. The highest BCUT2D eigenvalue weighted by molar-refractivity contribution is 7.99. The number of nitrogens with one attached hydrogen (secondary N) is 2. The quantitative estimate of drug-likeness (QED) is 0.819. The molecule has 2 heterocycles. The Morgan fingerprint density at radius 2 is 2.24 bits per heavy atom. The molecule has 0 spiro atoms. The maximum absolute atomic E-state index is 4.58. The number of rotatable bonds is 3. The van der Waals surface area contributed by atoms with Crippen molar-refractivity contribution in [3.05, 3.63) is 24.3 Å². The monoisotopic (exact) mass is 247 g/mol. The fourth-order valence-electron chi connectivity index (χ4n) is 2.24. The molecule has 0 amide bonds. The summed E-state index contributed by atoms with van der Waals surface area (Å²) in [6.45, 7) is 1.17. The maximum atomic E-state index is 4.58. The molecule has 1 atom stereocenters. The second-order valence-corrected chi connectivity index (χ2v) is 5.53. The molecule has 0 saturated carbocycles. The van der Waals surface area contributed by atoms with Gasteiger partial charge in [0.05, 0.1) is 11.0 Å². The number of fused-ring (bicyclic) bond motifs is 1. The zero-order valence-corrected chi connectivity index (χ0v) is 10.6. The highest BCUT2D eigenvalue weighted by Crippen LogP contribution is 2.21. The van der Waals surface area contributed by atoms with E-state index in [1.54, 1.807) is 0 Å². The van der Waals surface area contributed by atoms with Gasteiger partial charge in [-0.15, -0.1) is 0 Å². The molecule has 3 nitrogen and oxygen atoms in total. The SMILES string of the molecule is c1ccc2[nH]c(SC[C@H]3CCCCN3)nc2c1. The number of thioether (sulfide) groups is 1. The number of para-hydroxylation sites is 2. The van der Waals surface area contributed by atoms with Crippen LogP contribution >= 0.6 is 11.8 Å². The zero-order chi connectivity index (χ0) is 11.5. The first kappa shape index (κ1) is 11.1. The van der Waals surface area contributed by atoms with Gasteiger partial charge in [-0.2, -0.15) is 0 Å². The van der Waals surface area contributed by atoms with Gasteiger partial charge in [0.25, 0.3) is 0 Å². The molecular formula is C13H17N3S. The molecule has 17 heavy (non-hydrogen) atoms. The molecule has 1 aromatic heterocycles. The fraction of sp³-hybridized carbons (Fsp3) is 0.462. The van der Waals surface area contributed by atoms with Crippen LogP contribution in [0, 0.1) is 0 Å². The minimum absolute atomic E-state index is 0.655. The lowest BCUT2D eigenvalue weighted by atomic mass is 10.1. The number of imidazole rings is 1. The van der Waals surface area contributed by atoms with E-state index in [4.69, 9.17) is 0 Å². The highest BCUT2D eigenvalue weighted by atomic mass is 32.2. The van der Waals surface area contributed by atoms with Crippen molar-refractivity contribution in [2.75, 3.05) is 12.3 Å². The van der Waals surface area contributed by atoms with Gasteiger partial charge >= 0.3 is 0 Å². The molecule has 0 unspecified atom stereocenters. The average molecular weight is 247 g/mol. The molecule has 0 aliphatic carbocycles. The third-order valence-corrected chi connectivity index (χ3v) is 4.24. The standard InChI is InChI=1S/C13H17N3S/c1-2-7-12-11(6-1)15-13(16-12)17-9-10-5-3-4-8-14-10/h1-2,6-7,10,14H,3-5,8-9H2,(H,15,16)/t10-/m1/s1. The van der Waals surface area contributed by atoms with Crippen molar-refractivity contribution >= 4 is 22.8 Å². The van der Waals surface area contributed by atoms with Gasteiger partial charge in [0.1, 0.15) is 0 Å². The van der Waals surface area contributed by atoms with E-state index in [9.17, 15) is 0 Å². The molecule has 0 radical (unpaired) electrons. The van der Waals surface area contributed by atoms with Crippen LogP contribution in [0.2, 0.25) is 0 Å². The lowest BCUT2D eigenvalue weighted by molar-refractivity contribution is 0.430. The third kappa shape index (κ3) is 2.64. The molecule has 1 aromatic carbocycles. The Hall–Kier alpha value is -1.00. The van der Waals surface area contributed by atoms with E-state index in [0.717, 1.165) is 21.9 Å². The largest absolute Gasteiger partial charge is 0.333 e.